The first-order chi connectivity index (χ1) is 8.66. The molecule has 0 bridgehead atoms. The molecule has 0 amide bonds. The van der Waals surface area contributed by atoms with Crippen molar-refractivity contribution in [2.24, 2.45) is 5.73 Å². The van der Waals surface area contributed by atoms with E-state index >= 15 is 0 Å². The van der Waals surface area contributed by atoms with E-state index in [2.05, 4.69) is 0 Å². The lowest BCUT2D eigenvalue weighted by Gasteiger charge is -2.07. The second-order valence-corrected chi connectivity index (χ2v) is 4.21. The van der Waals surface area contributed by atoms with Crippen LogP contribution >= 0.6 is 12.2 Å². The Balaban J connectivity index is 2.02. The molecule has 0 heterocycles. The minimum absolute atomic E-state index is 0.194. The topological polar surface area (TPSA) is 35.2 Å². The molecule has 18 heavy (non-hydrogen) atoms. The first kappa shape index (κ1) is 12.5. The predicted molar refractivity (Wildman–Crippen MR) is 73.1 cm³/mol. The molecule has 2 N–H and O–H groups in total. The van der Waals surface area contributed by atoms with Crippen LogP contribution in [0.25, 0.3) is 0 Å². The maximum atomic E-state index is 13.3. The first-order valence-corrected chi connectivity index (χ1v) is 5.84. The minimum atomic E-state index is -0.266. The Morgan fingerprint density at radius 2 is 1.78 bits per heavy atom. The van der Waals surface area contributed by atoms with Gasteiger partial charge in [0.25, 0.3) is 0 Å². The summed E-state index contributed by atoms with van der Waals surface area (Å²) >= 11 is 4.85. The minimum Gasteiger partial charge on any atom is -0.489 e. The average molecular weight is 261 g/mol. The molecule has 2 nitrogen and oxygen atoms in total. The van der Waals surface area contributed by atoms with Crippen molar-refractivity contribution in [3.8, 4) is 5.75 Å². The molecule has 0 atom stereocenters. The van der Waals surface area contributed by atoms with E-state index in [0.717, 1.165) is 5.56 Å². The Kier molecular flexibility index (Phi) is 3.89. The van der Waals surface area contributed by atoms with Crippen LogP contribution in [0.2, 0.25) is 0 Å². The van der Waals surface area contributed by atoms with Crippen molar-refractivity contribution in [3.63, 3.8) is 0 Å². The molecule has 0 aliphatic carbocycles. The van der Waals surface area contributed by atoms with Crippen LogP contribution in [-0.4, -0.2) is 4.99 Å². The maximum Gasteiger partial charge on any atom is 0.129 e. The molecule has 0 aliphatic rings. The summed E-state index contributed by atoms with van der Waals surface area (Å²) in [5.41, 5.74) is 6.79. The van der Waals surface area contributed by atoms with Crippen molar-refractivity contribution >= 4 is 17.2 Å². The average Bonchev–Trinajstić information content (AvgIpc) is 2.38. The number of hydrogen-bond acceptors (Lipinski definition) is 2. The highest BCUT2D eigenvalue weighted by molar-refractivity contribution is 7.80. The molecule has 0 radical (unpaired) electrons. The van der Waals surface area contributed by atoms with E-state index in [9.17, 15) is 4.39 Å². The summed E-state index contributed by atoms with van der Waals surface area (Å²) in [6.45, 7) is 0.194. The number of rotatable bonds is 4. The molecule has 0 fully saturated rings. The smallest absolute Gasteiger partial charge is 0.129 e. The van der Waals surface area contributed by atoms with Gasteiger partial charge in [-0.15, -0.1) is 0 Å². The summed E-state index contributed by atoms with van der Waals surface area (Å²) in [6.07, 6.45) is 0. The van der Waals surface area contributed by atoms with Gasteiger partial charge in [-0.2, -0.15) is 0 Å². The molecule has 0 aromatic heterocycles. The lowest BCUT2D eigenvalue weighted by molar-refractivity contribution is 0.300. The Bertz CT molecular complexity index is 554. The van der Waals surface area contributed by atoms with Crippen molar-refractivity contribution < 1.29 is 9.13 Å². The van der Waals surface area contributed by atoms with Gasteiger partial charge in [-0.25, -0.2) is 4.39 Å². The van der Waals surface area contributed by atoms with Crippen molar-refractivity contribution in [3.05, 3.63) is 65.5 Å². The third-order valence-electron chi connectivity index (χ3n) is 2.49. The fourth-order valence-corrected chi connectivity index (χ4v) is 1.63. The highest BCUT2D eigenvalue weighted by atomic mass is 32.1. The standard InChI is InChI=1S/C14H12FNOS/c15-13-4-2-1-3-11(13)9-17-12-7-5-10(6-8-12)14(16)18/h1-8H,9H2,(H2,16,18). The second-order valence-electron chi connectivity index (χ2n) is 3.77. The van der Waals surface area contributed by atoms with E-state index in [1.165, 1.54) is 6.07 Å². The molecular weight excluding hydrogens is 249 g/mol. The fourth-order valence-electron chi connectivity index (χ4n) is 1.49. The van der Waals surface area contributed by atoms with Crippen LogP contribution in [0.5, 0.6) is 5.75 Å². The molecule has 2 aromatic carbocycles. The van der Waals surface area contributed by atoms with Crippen molar-refractivity contribution in [2.75, 3.05) is 0 Å². The van der Waals surface area contributed by atoms with Gasteiger partial charge >= 0.3 is 0 Å². The third-order valence-corrected chi connectivity index (χ3v) is 2.73. The van der Waals surface area contributed by atoms with E-state index in [0.29, 0.717) is 16.3 Å². The molecule has 0 spiro atoms. The SMILES string of the molecule is NC(=S)c1ccc(OCc2ccccc2F)cc1. The lowest BCUT2D eigenvalue weighted by atomic mass is 10.2. The maximum absolute atomic E-state index is 13.3. The Labute approximate surface area is 110 Å². The summed E-state index contributed by atoms with van der Waals surface area (Å²) in [5.74, 6) is 0.385. The summed E-state index contributed by atoms with van der Waals surface area (Å²) in [4.78, 5) is 0.343. The lowest BCUT2D eigenvalue weighted by Crippen LogP contribution is -2.08. The van der Waals surface area contributed by atoms with E-state index in [1.54, 1.807) is 42.5 Å². The monoisotopic (exact) mass is 261 g/mol. The molecule has 92 valence electrons. The van der Waals surface area contributed by atoms with E-state index in [1.807, 2.05) is 0 Å². The Morgan fingerprint density at radius 3 is 2.39 bits per heavy atom. The van der Waals surface area contributed by atoms with Gasteiger partial charge in [0.05, 0.1) is 0 Å². The van der Waals surface area contributed by atoms with Crippen LogP contribution in [0, 0.1) is 5.82 Å². The molecule has 0 aliphatic heterocycles. The van der Waals surface area contributed by atoms with Gasteiger partial charge < -0.3 is 10.5 Å². The van der Waals surface area contributed by atoms with Crippen LogP contribution in [-0.2, 0) is 6.61 Å². The zero-order valence-electron chi connectivity index (χ0n) is 9.60. The Morgan fingerprint density at radius 1 is 1.11 bits per heavy atom. The van der Waals surface area contributed by atoms with Crippen LogP contribution in [0.3, 0.4) is 0 Å². The largest absolute Gasteiger partial charge is 0.489 e. The van der Waals surface area contributed by atoms with Gasteiger partial charge in [0, 0.05) is 11.1 Å². The molecule has 2 rings (SSSR count). The number of benzene rings is 2. The van der Waals surface area contributed by atoms with Crippen molar-refractivity contribution in [1.82, 2.24) is 0 Å². The quantitative estimate of drug-likeness (QED) is 0.859. The molecular formula is C14H12FNOS. The van der Waals surface area contributed by atoms with Gasteiger partial charge in [0.2, 0.25) is 0 Å². The number of halogens is 1. The van der Waals surface area contributed by atoms with E-state index in [-0.39, 0.29) is 12.4 Å². The zero-order valence-corrected chi connectivity index (χ0v) is 10.4. The summed E-state index contributed by atoms with van der Waals surface area (Å²) in [6, 6.07) is 13.6. The summed E-state index contributed by atoms with van der Waals surface area (Å²) in [5, 5.41) is 0. The summed E-state index contributed by atoms with van der Waals surface area (Å²) in [7, 11) is 0. The molecule has 0 saturated heterocycles. The number of ether oxygens (including phenoxy) is 1. The van der Waals surface area contributed by atoms with Gasteiger partial charge in [-0.05, 0) is 30.3 Å². The fraction of sp³-hybridized carbons (Fsp3) is 0.0714. The van der Waals surface area contributed by atoms with Crippen LogP contribution < -0.4 is 10.5 Å². The van der Waals surface area contributed by atoms with Crippen LogP contribution in [0.1, 0.15) is 11.1 Å². The highest BCUT2D eigenvalue weighted by Gasteiger charge is 2.02. The van der Waals surface area contributed by atoms with Crippen LogP contribution in [0.4, 0.5) is 4.39 Å². The van der Waals surface area contributed by atoms with Gasteiger partial charge in [0.15, 0.2) is 0 Å². The van der Waals surface area contributed by atoms with Gasteiger partial charge in [-0.3, -0.25) is 0 Å². The van der Waals surface area contributed by atoms with Crippen molar-refractivity contribution in [1.29, 1.82) is 0 Å². The third kappa shape index (κ3) is 3.05. The van der Waals surface area contributed by atoms with E-state index < -0.39 is 0 Å². The predicted octanol–water partition coefficient (Wildman–Crippen LogP) is 3.04. The molecule has 0 unspecified atom stereocenters. The summed E-state index contributed by atoms with van der Waals surface area (Å²) < 4.78 is 18.8. The number of thiocarbonyl (C=S) groups is 1. The number of hydrogen-bond donors (Lipinski definition) is 1. The normalized spacial score (nSPS) is 10.1. The highest BCUT2D eigenvalue weighted by Crippen LogP contribution is 2.15. The molecule has 4 heteroatoms. The van der Waals surface area contributed by atoms with E-state index in [4.69, 9.17) is 22.7 Å². The molecule has 0 saturated carbocycles. The Hall–Kier alpha value is -1.94. The number of nitrogens with two attached hydrogens (primary N) is 1. The van der Waals surface area contributed by atoms with Crippen LogP contribution in [0.15, 0.2) is 48.5 Å². The first-order valence-electron chi connectivity index (χ1n) is 5.43. The van der Waals surface area contributed by atoms with Crippen molar-refractivity contribution in [2.45, 2.75) is 6.61 Å². The molecule has 2 aromatic rings. The van der Waals surface area contributed by atoms with Gasteiger partial charge in [0.1, 0.15) is 23.2 Å². The second kappa shape index (κ2) is 5.60. The zero-order chi connectivity index (χ0) is 13.0. The van der Waals surface area contributed by atoms with Gasteiger partial charge in [-0.1, -0.05) is 30.4 Å².